The zero-order valence-corrected chi connectivity index (χ0v) is 12.0. The minimum Gasteiger partial charge on any atom is -0.371 e. The van der Waals surface area contributed by atoms with Gasteiger partial charge in [0.1, 0.15) is 0 Å². The van der Waals surface area contributed by atoms with Crippen molar-refractivity contribution >= 4 is 17.2 Å². The third-order valence-corrected chi connectivity index (χ3v) is 4.10. The van der Waals surface area contributed by atoms with Crippen LogP contribution in [0.15, 0.2) is 18.2 Å². The van der Waals surface area contributed by atoms with Gasteiger partial charge in [0.15, 0.2) is 5.78 Å². The van der Waals surface area contributed by atoms with Gasteiger partial charge in [-0.25, -0.2) is 0 Å². The minimum absolute atomic E-state index is 0.0256. The first-order valence-electron chi connectivity index (χ1n) is 7.07. The lowest BCUT2D eigenvalue weighted by Crippen LogP contribution is -2.34. The van der Waals surface area contributed by atoms with Crippen molar-refractivity contribution in [3.05, 3.63) is 33.9 Å². The number of carbonyl (C=O) groups is 1. The molecule has 0 amide bonds. The number of benzene rings is 1. The predicted octanol–water partition coefficient (Wildman–Crippen LogP) is 3.42. The summed E-state index contributed by atoms with van der Waals surface area (Å²) in [6.45, 7) is 5.49. The molecule has 5 heteroatoms. The van der Waals surface area contributed by atoms with Gasteiger partial charge in [-0.3, -0.25) is 14.9 Å². The molecule has 2 rings (SSSR count). The molecule has 0 atom stereocenters. The van der Waals surface area contributed by atoms with Gasteiger partial charge in [-0.2, -0.15) is 0 Å². The number of nitro groups is 1. The summed E-state index contributed by atoms with van der Waals surface area (Å²) in [5.41, 5.74) is 1.26. The van der Waals surface area contributed by atoms with Crippen molar-refractivity contribution < 1.29 is 9.72 Å². The third kappa shape index (κ3) is 2.98. The number of nitro benzene ring substituents is 1. The largest absolute Gasteiger partial charge is 0.371 e. The van der Waals surface area contributed by atoms with E-state index in [9.17, 15) is 14.9 Å². The highest BCUT2D eigenvalue weighted by Gasteiger charge is 2.22. The topological polar surface area (TPSA) is 63.4 Å². The van der Waals surface area contributed by atoms with Crippen LogP contribution in [0.3, 0.4) is 0 Å². The second-order valence-corrected chi connectivity index (χ2v) is 5.35. The smallest absolute Gasteiger partial charge is 0.270 e. The predicted molar refractivity (Wildman–Crippen MR) is 78.3 cm³/mol. The van der Waals surface area contributed by atoms with Gasteiger partial charge in [-0.05, 0) is 31.7 Å². The van der Waals surface area contributed by atoms with Gasteiger partial charge in [0.05, 0.1) is 4.92 Å². The monoisotopic (exact) mass is 276 g/mol. The Kier molecular flexibility index (Phi) is 4.37. The Hall–Kier alpha value is -1.91. The van der Waals surface area contributed by atoms with E-state index in [0.29, 0.717) is 5.56 Å². The zero-order chi connectivity index (χ0) is 14.7. The van der Waals surface area contributed by atoms with Crippen LogP contribution in [0, 0.1) is 16.0 Å². The summed E-state index contributed by atoms with van der Waals surface area (Å²) in [6, 6.07) is 4.58. The highest BCUT2D eigenvalue weighted by molar-refractivity contribution is 6.00. The fourth-order valence-corrected chi connectivity index (χ4v) is 2.78. The van der Waals surface area contributed by atoms with Crippen LogP contribution >= 0.6 is 0 Å². The van der Waals surface area contributed by atoms with Gasteiger partial charge < -0.3 is 4.90 Å². The summed E-state index contributed by atoms with van der Waals surface area (Å²) in [7, 11) is 0. The molecule has 1 aromatic rings. The Bertz CT molecular complexity index is 520. The molecule has 0 radical (unpaired) electrons. The van der Waals surface area contributed by atoms with E-state index in [0.717, 1.165) is 37.5 Å². The van der Waals surface area contributed by atoms with Gasteiger partial charge in [-0.15, -0.1) is 0 Å². The number of non-ortho nitro benzene ring substituents is 1. The quantitative estimate of drug-likeness (QED) is 0.480. The number of rotatable bonds is 4. The summed E-state index contributed by atoms with van der Waals surface area (Å²) in [6.07, 6.45) is 3.42. The molecule has 1 aliphatic heterocycles. The zero-order valence-electron chi connectivity index (χ0n) is 12.0. The SMILES string of the molecule is CCC1CCN(c2ccc([N+](=O)[O-])cc2C(C)=O)CC1. The molecule has 0 unspecified atom stereocenters. The summed E-state index contributed by atoms with van der Waals surface area (Å²) < 4.78 is 0. The lowest BCUT2D eigenvalue weighted by Gasteiger charge is -2.34. The number of Topliss-reactive ketones (excluding diaryl/α,β-unsaturated/α-hetero) is 1. The van der Waals surface area contributed by atoms with E-state index in [1.807, 2.05) is 0 Å². The Morgan fingerprint density at radius 3 is 2.55 bits per heavy atom. The van der Waals surface area contributed by atoms with Gasteiger partial charge in [0.25, 0.3) is 5.69 Å². The van der Waals surface area contributed by atoms with E-state index in [1.54, 1.807) is 6.07 Å². The van der Waals surface area contributed by atoms with Gasteiger partial charge in [0.2, 0.25) is 0 Å². The Morgan fingerprint density at radius 2 is 2.05 bits per heavy atom. The molecular formula is C15H20N2O3. The summed E-state index contributed by atoms with van der Waals surface area (Å²) in [5.74, 6) is 0.631. The molecule has 0 bridgehead atoms. The van der Waals surface area contributed by atoms with Crippen molar-refractivity contribution in [2.45, 2.75) is 33.1 Å². The maximum atomic E-state index is 11.8. The standard InChI is InChI=1S/C15H20N2O3/c1-3-12-6-8-16(9-7-12)15-5-4-13(17(19)20)10-14(15)11(2)18/h4-5,10,12H,3,6-9H2,1-2H3. The van der Waals surface area contributed by atoms with Crippen molar-refractivity contribution in [1.29, 1.82) is 0 Å². The van der Waals surface area contributed by atoms with Crippen molar-refractivity contribution in [3.63, 3.8) is 0 Å². The molecule has 0 N–H and O–H groups in total. The molecule has 1 fully saturated rings. The fourth-order valence-electron chi connectivity index (χ4n) is 2.78. The Labute approximate surface area is 118 Å². The maximum Gasteiger partial charge on any atom is 0.270 e. The molecule has 108 valence electrons. The summed E-state index contributed by atoms with van der Waals surface area (Å²) in [5, 5.41) is 10.8. The first kappa shape index (κ1) is 14.5. The van der Waals surface area contributed by atoms with Crippen molar-refractivity contribution in [2.75, 3.05) is 18.0 Å². The number of carbonyl (C=O) groups excluding carboxylic acids is 1. The third-order valence-electron chi connectivity index (χ3n) is 4.10. The van der Waals surface area contributed by atoms with Crippen LogP contribution in [-0.4, -0.2) is 23.8 Å². The van der Waals surface area contributed by atoms with Gasteiger partial charge in [-0.1, -0.05) is 13.3 Å². The number of hydrogen-bond acceptors (Lipinski definition) is 4. The normalized spacial score (nSPS) is 16.2. The Balaban J connectivity index is 2.27. The van der Waals surface area contributed by atoms with E-state index in [2.05, 4.69) is 11.8 Å². The molecule has 20 heavy (non-hydrogen) atoms. The van der Waals surface area contributed by atoms with Crippen molar-refractivity contribution in [1.82, 2.24) is 0 Å². The van der Waals surface area contributed by atoms with Crippen LogP contribution in [-0.2, 0) is 0 Å². The average molecular weight is 276 g/mol. The molecule has 0 aliphatic carbocycles. The van der Waals surface area contributed by atoms with Crippen molar-refractivity contribution in [2.24, 2.45) is 5.92 Å². The minimum atomic E-state index is -0.459. The number of ketones is 1. The highest BCUT2D eigenvalue weighted by Crippen LogP contribution is 2.30. The molecule has 5 nitrogen and oxygen atoms in total. The Morgan fingerprint density at radius 1 is 1.40 bits per heavy atom. The maximum absolute atomic E-state index is 11.8. The lowest BCUT2D eigenvalue weighted by atomic mass is 9.93. The van der Waals surface area contributed by atoms with Crippen LogP contribution < -0.4 is 4.90 Å². The number of hydrogen-bond donors (Lipinski definition) is 0. The van der Waals surface area contributed by atoms with Crippen LogP contribution in [0.2, 0.25) is 0 Å². The van der Waals surface area contributed by atoms with Gasteiger partial charge >= 0.3 is 0 Å². The molecule has 1 aromatic carbocycles. The molecule has 0 saturated carbocycles. The summed E-state index contributed by atoms with van der Waals surface area (Å²) >= 11 is 0. The molecule has 0 spiro atoms. The fraction of sp³-hybridized carbons (Fsp3) is 0.533. The average Bonchev–Trinajstić information content (AvgIpc) is 2.46. The first-order valence-corrected chi connectivity index (χ1v) is 7.07. The highest BCUT2D eigenvalue weighted by atomic mass is 16.6. The summed E-state index contributed by atoms with van der Waals surface area (Å²) in [4.78, 5) is 24.3. The van der Waals surface area contributed by atoms with E-state index < -0.39 is 4.92 Å². The molecular weight excluding hydrogens is 256 g/mol. The molecule has 1 saturated heterocycles. The van der Waals surface area contributed by atoms with Crippen LogP contribution in [0.5, 0.6) is 0 Å². The van der Waals surface area contributed by atoms with Crippen LogP contribution in [0.4, 0.5) is 11.4 Å². The molecule has 1 heterocycles. The second-order valence-electron chi connectivity index (χ2n) is 5.35. The van der Waals surface area contributed by atoms with Crippen LogP contribution in [0.1, 0.15) is 43.5 Å². The number of nitrogens with zero attached hydrogens (tertiary/aromatic N) is 2. The second kappa shape index (κ2) is 6.03. The van der Waals surface area contributed by atoms with E-state index in [-0.39, 0.29) is 11.5 Å². The first-order chi connectivity index (χ1) is 9.52. The lowest BCUT2D eigenvalue weighted by molar-refractivity contribution is -0.384. The molecule has 0 aromatic heterocycles. The van der Waals surface area contributed by atoms with Gasteiger partial charge in [0, 0.05) is 36.5 Å². The molecule has 1 aliphatic rings. The number of anilines is 1. The van der Waals surface area contributed by atoms with E-state index in [4.69, 9.17) is 0 Å². The van der Waals surface area contributed by atoms with Crippen LogP contribution in [0.25, 0.3) is 0 Å². The van der Waals surface area contributed by atoms with Crippen molar-refractivity contribution in [3.8, 4) is 0 Å². The van der Waals surface area contributed by atoms with E-state index in [1.165, 1.54) is 25.5 Å². The van der Waals surface area contributed by atoms with E-state index >= 15 is 0 Å². The number of piperidine rings is 1.